The van der Waals surface area contributed by atoms with Gasteiger partial charge in [0.05, 0.1) is 21.6 Å². The second-order valence-electron chi connectivity index (χ2n) is 5.38. The number of nitro benzene ring substituents is 1. The highest BCUT2D eigenvalue weighted by atomic mass is 79.9. The summed E-state index contributed by atoms with van der Waals surface area (Å²) in [6.07, 6.45) is 3.33. The van der Waals surface area contributed by atoms with Crippen LogP contribution in [0.5, 0.6) is 5.75 Å². The maximum atomic E-state index is 10.8. The van der Waals surface area contributed by atoms with Crippen molar-refractivity contribution in [1.29, 1.82) is 0 Å². The summed E-state index contributed by atoms with van der Waals surface area (Å²) in [7, 11) is 0. The van der Waals surface area contributed by atoms with E-state index in [1.165, 1.54) is 12.1 Å². The summed E-state index contributed by atoms with van der Waals surface area (Å²) >= 11 is 3.39. The fourth-order valence-electron chi connectivity index (χ4n) is 2.48. The lowest BCUT2D eigenvalue weighted by Crippen LogP contribution is -2.28. The Labute approximate surface area is 121 Å². The molecule has 0 radical (unpaired) electrons. The van der Waals surface area contributed by atoms with Crippen molar-refractivity contribution in [3.63, 3.8) is 0 Å². The number of nitrogens with zero attached hydrogens (tertiary/aromatic N) is 1. The van der Waals surface area contributed by atoms with Gasteiger partial charge in [-0.05, 0) is 53.1 Å². The predicted octanol–water partition coefficient (Wildman–Crippen LogP) is 4.56. The van der Waals surface area contributed by atoms with Crippen LogP contribution in [0.4, 0.5) is 5.69 Å². The van der Waals surface area contributed by atoms with Gasteiger partial charge in [-0.3, -0.25) is 10.1 Å². The summed E-state index contributed by atoms with van der Waals surface area (Å²) in [6.45, 7) is 4.51. The van der Waals surface area contributed by atoms with Crippen molar-refractivity contribution < 1.29 is 9.66 Å². The van der Waals surface area contributed by atoms with Crippen LogP contribution in [-0.4, -0.2) is 11.0 Å². The summed E-state index contributed by atoms with van der Waals surface area (Å²) in [4.78, 5) is 10.4. The number of hydrogen-bond acceptors (Lipinski definition) is 3. The first-order valence-electron chi connectivity index (χ1n) is 6.58. The van der Waals surface area contributed by atoms with Crippen LogP contribution in [0.3, 0.4) is 0 Å². The summed E-state index contributed by atoms with van der Waals surface area (Å²) in [5.74, 6) is 1.94. The fraction of sp³-hybridized carbons (Fsp3) is 0.571. The second-order valence-corrected chi connectivity index (χ2v) is 6.23. The molecule has 19 heavy (non-hydrogen) atoms. The van der Waals surface area contributed by atoms with E-state index in [-0.39, 0.29) is 11.8 Å². The molecule has 104 valence electrons. The van der Waals surface area contributed by atoms with Crippen molar-refractivity contribution in [2.45, 2.75) is 39.2 Å². The standard InChI is InChI=1S/C14H18BrNO3/c1-9-3-5-12(7-10(9)2)19-14-8-11(16(17)18)4-6-13(14)15/h4,6,8-10,12H,3,5,7H2,1-2H3. The van der Waals surface area contributed by atoms with Gasteiger partial charge in [-0.1, -0.05) is 13.8 Å². The molecule has 0 N–H and O–H groups in total. The van der Waals surface area contributed by atoms with E-state index < -0.39 is 4.92 Å². The summed E-state index contributed by atoms with van der Waals surface area (Å²) in [5.41, 5.74) is 0.0652. The Morgan fingerprint density at radius 3 is 2.68 bits per heavy atom. The Bertz CT molecular complexity index is 478. The van der Waals surface area contributed by atoms with Crippen LogP contribution < -0.4 is 4.74 Å². The number of halogens is 1. The Kier molecular flexibility index (Phi) is 4.45. The molecule has 0 aromatic heterocycles. The maximum Gasteiger partial charge on any atom is 0.273 e. The van der Waals surface area contributed by atoms with Crippen LogP contribution in [-0.2, 0) is 0 Å². The smallest absolute Gasteiger partial charge is 0.273 e. The Morgan fingerprint density at radius 1 is 1.32 bits per heavy atom. The van der Waals surface area contributed by atoms with Crippen LogP contribution in [0.15, 0.2) is 22.7 Å². The van der Waals surface area contributed by atoms with Gasteiger partial charge in [0, 0.05) is 6.07 Å². The molecular formula is C14H18BrNO3. The third-order valence-electron chi connectivity index (χ3n) is 3.97. The van der Waals surface area contributed by atoms with Crippen LogP contribution >= 0.6 is 15.9 Å². The quantitative estimate of drug-likeness (QED) is 0.604. The first-order chi connectivity index (χ1) is 8.97. The number of ether oxygens (including phenoxy) is 1. The molecule has 0 aliphatic heterocycles. The van der Waals surface area contributed by atoms with Crippen LogP contribution in [0.1, 0.15) is 33.1 Å². The van der Waals surface area contributed by atoms with Gasteiger partial charge in [-0.25, -0.2) is 0 Å². The van der Waals surface area contributed by atoms with Gasteiger partial charge >= 0.3 is 0 Å². The van der Waals surface area contributed by atoms with E-state index in [1.807, 2.05) is 0 Å². The first kappa shape index (κ1) is 14.3. The van der Waals surface area contributed by atoms with Crippen molar-refractivity contribution in [2.24, 2.45) is 11.8 Å². The van der Waals surface area contributed by atoms with E-state index in [0.29, 0.717) is 11.7 Å². The predicted molar refractivity (Wildman–Crippen MR) is 77.4 cm³/mol. The lowest BCUT2D eigenvalue weighted by Gasteiger charge is -2.32. The molecule has 1 aromatic carbocycles. The molecule has 1 saturated carbocycles. The van der Waals surface area contributed by atoms with Crippen LogP contribution in [0.2, 0.25) is 0 Å². The Balaban J connectivity index is 2.10. The second kappa shape index (κ2) is 5.90. The molecule has 0 bridgehead atoms. The molecule has 3 unspecified atom stereocenters. The zero-order chi connectivity index (χ0) is 14.0. The third-order valence-corrected chi connectivity index (χ3v) is 4.62. The average molecular weight is 328 g/mol. The van der Waals surface area contributed by atoms with Crippen LogP contribution in [0, 0.1) is 22.0 Å². The van der Waals surface area contributed by atoms with Crippen molar-refractivity contribution >= 4 is 21.6 Å². The topological polar surface area (TPSA) is 52.4 Å². The summed E-state index contributed by atoms with van der Waals surface area (Å²) in [5, 5.41) is 10.8. The van der Waals surface area contributed by atoms with Gasteiger partial charge in [-0.15, -0.1) is 0 Å². The SMILES string of the molecule is CC1CCC(Oc2cc([N+](=O)[O-])ccc2Br)CC1C. The molecule has 3 atom stereocenters. The molecule has 0 amide bonds. The molecule has 1 fully saturated rings. The molecule has 0 saturated heterocycles. The van der Waals surface area contributed by atoms with E-state index in [4.69, 9.17) is 4.74 Å². The number of rotatable bonds is 3. The molecule has 4 nitrogen and oxygen atoms in total. The van der Waals surface area contributed by atoms with E-state index in [2.05, 4.69) is 29.8 Å². The molecule has 1 aliphatic carbocycles. The minimum atomic E-state index is -0.398. The largest absolute Gasteiger partial charge is 0.489 e. The lowest BCUT2D eigenvalue weighted by atomic mass is 9.80. The molecule has 1 aromatic rings. The summed E-state index contributed by atoms with van der Waals surface area (Å²) in [6, 6.07) is 4.64. The first-order valence-corrected chi connectivity index (χ1v) is 7.37. The minimum Gasteiger partial charge on any atom is -0.489 e. The molecular weight excluding hydrogens is 310 g/mol. The monoisotopic (exact) mass is 327 g/mol. The van der Waals surface area contributed by atoms with Gasteiger partial charge in [-0.2, -0.15) is 0 Å². The highest BCUT2D eigenvalue weighted by Gasteiger charge is 2.26. The fourth-order valence-corrected chi connectivity index (χ4v) is 2.82. The van der Waals surface area contributed by atoms with Gasteiger partial charge in [0.2, 0.25) is 0 Å². The van der Waals surface area contributed by atoms with Gasteiger partial charge in [0.1, 0.15) is 5.75 Å². The minimum absolute atomic E-state index is 0.0652. The zero-order valence-electron chi connectivity index (χ0n) is 11.1. The molecule has 2 rings (SSSR count). The van der Waals surface area contributed by atoms with Crippen molar-refractivity contribution in [3.05, 3.63) is 32.8 Å². The van der Waals surface area contributed by atoms with Crippen molar-refractivity contribution in [2.75, 3.05) is 0 Å². The average Bonchev–Trinajstić information content (AvgIpc) is 2.36. The van der Waals surface area contributed by atoms with Gasteiger partial charge < -0.3 is 4.74 Å². The molecule has 0 spiro atoms. The highest BCUT2D eigenvalue weighted by molar-refractivity contribution is 9.10. The zero-order valence-corrected chi connectivity index (χ0v) is 12.7. The van der Waals surface area contributed by atoms with Crippen molar-refractivity contribution in [3.8, 4) is 5.75 Å². The molecule has 5 heteroatoms. The van der Waals surface area contributed by atoms with Gasteiger partial charge in [0.25, 0.3) is 5.69 Å². The Morgan fingerprint density at radius 2 is 2.05 bits per heavy atom. The molecule has 1 aliphatic rings. The van der Waals surface area contributed by atoms with Crippen LogP contribution in [0.25, 0.3) is 0 Å². The Hall–Kier alpha value is -1.10. The third kappa shape index (κ3) is 3.47. The van der Waals surface area contributed by atoms with E-state index in [9.17, 15) is 10.1 Å². The summed E-state index contributed by atoms with van der Waals surface area (Å²) < 4.78 is 6.71. The molecule has 0 heterocycles. The van der Waals surface area contributed by atoms with Gasteiger partial charge in [0.15, 0.2) is 0 Å². The van der Waals surface area contributed by atoms with Crippen molar-refractivity contribution in [1.82, 2.24) is 0 Å². The number of benzene rings is 1. The lowest BCUT2D eigenvalue weighted by molar-refractivity contribution is -0.385. The van der Waals surface area contributed by atoms with E-state index in [0.717, 1.165) is 29.7 Å². The number of hydrogen-bond donors (Lipinski definition) is 0. The highest BCUT2D eigenvalue weighted by Crippen LogP contribution is 2.35. The van der Waals surface area contributed by atoms with E-state index >= 15 is 0 Å². The normalized spacial score (nSPS) is 27.0. The maximum absolute atomic E-state index is 10.8. The van der Waals surface area contributed by atoms with E-state index in [1.54, 1.807) is 6.07 Å². The number of non-ortho nitro benzene ring substituents is 1. The number of nitro groups is 1.